The maximum atomic E-state index is 12.0. The van der Waals surface area contributed by atoms with Crippen LogP contribution in [0.1, 0.15) is 10.4 Å². The second-order valence-corrected chi connectivity index (χ2v) is 3.82. The molecular weight excluding hydrogens is 262 g/mol. The molecule has 0 unspecified atom stereocenters. The number of non-ortho nitro benzene ring substituents is 1. The number of hydrogen-bond acceptors (Lipinski definition) is 5. The average molecular weight is 273 g/mol. The van der Waals surface area contributed by atoms with Gasteiger partial charge < -0.3 is 10.1 Å². The minimum atomic E-state index is -0.557. The fourth-order valence-electron chi connectivity index (χ4n) is 1.59. The Morgan fingerprint density at radius 2 is 2.15 bits per heavy atom. The summed E-state index contributed by atoms with van der Waals surface area (Å²) < 4.78 is 5.06. The van der Waals surface area contributed by atoms with Gasteiger partial charge in [0.15, 0.2) is 11.6 Å². The summed E-state index contributed by atoms with van der Waals surface area (Å²) in [7, 11) is 1.46. The molecule has 1 aromatic carbocycles. The van der Waals surface area contributed by atoms with Crippen LogP contribution in [0.25, 0.3) is 0 Å². The summed E-state index contributed by atoms with van der Waals surface area (Å²) in [5.41, 5.74) is 0.0255. The Morgan fingerprint density at radius 3 is 2.85 bits per heavy atom. The van der Waals surface area contributed by atoms with Crippen LogP contribution in [0.5, 0.6) is 5.75 Å². The van der Waals surface area contributed by atoms with E-state index in [9.17, 15) is 14.9 Å². The number of hydrogen-bond donors (Lipinski definition) is 1. The number of carbonyl (C=O) groups excluding carboxylic acids is 1. The summed E-state index contributed by atoms with van der Waals surface area (Å²) in [6.45, 7) is 0. The van der Waals surface area contributed by atoms with Crippen LogP contribution in [0.15, 0.2) is 42.6 Å². The van der Waals surface area contributed by atoms with Gasteiger partial charge in [0.1, 0.15) is 0 Å². The minimum Gasteiger partial charge on any atom is -0.493 e. The molecule has 0 bridgehead atoms. The van der Waals surface area contributed by atoms with Gasteiger partial charge in [0, 0.05) is 23.9 Å². The highest BCUT2D eigenvalue weighted by Crippen LogP contribution is 2.21. The van der Waals surface area contributed by atoms with E-state index in [1.165, 1.54) is 37.6 Å². The largest absolute Gasteiger partial charge is 0.493 e. The molecule has 1 heterocycles. The number of nitrogens with zero attached hydrogens (tertiary/aromatic N) is 2. The predicted molar refractivity (Wildman–Crippen MR) is 71.8 cm³/mol. The van der Waals surface area contributed by atoms with Crippen LogP contribution in [0, 0.1) is 10.1 Å². The molecule has 0 aliphatic heterocycles. The van der Waals surface area contributed by atoms with Crippen molar-refractivity contribution < 1.29 is 14.5 Å². The molecule has 0 aliphatic rings. The van der Waals surface area contributed by atoms with Gasteiger partial charge in [-0.2, -0.15) is 0 Å². The van der Waals surface area contributed by atoms with Gasteiger partial charge in [-0.15, -0.1) is 0 Å². The highest BCUT2D eigenvalue weighted by Gasteiger charge is 2.13. The van der Waals surface area contributed by atoms with Gasteiger partial charge >= 0.3 is 0 Å². The molecule has 0 saturated heterocycles. The van der Waals surface area contributed by atoms with E-state index in [1.54, 1.807) is 12.1 Å². The van der Waals surface area contributed by atoms with Crippen LogP contribution >= 0.6 is 0 Å². The molecule has 102 valence electrons. The summed E-state index contributed by atoms with van der Waals surface area (Å²) in [5.74, 6) is 0.170. The van der Waals surface area contributed by atoms with Gasteiger partial charge in [-0.25, -0.2) is 4.98 Å². The number of amides is 1. The number of nitro benzene ring substituents is 1. The Balaban J connectivity index is 2.24. The smallest absolute Gasteiger partial charge is 0.270 e. The average Bonchev–Trinajstić information content (AvgIpc) is 2.48. The molecule has 0 spiro atoms. The number of methoxy groups -OCH3 is 1. The first kappa shape index (κ1) is 13.5. The zero-order valence-electron chi connectivity index (χ0n) is 10.6. The standard InChI is InChI=1S/C13H11N3O4/c1-20-11-6-3-7-14-12(11)15-13(17)9-4-2-5-10(8-9)16(18)19/h2-8H,1H3,(H,14,15,17). The van der Waals surface area contributed by atoms with Crippen molar-refractivity contribution in [3.63, 3.8) is 0 Å². The second-order valence-electron chi connectivity index (χ2n) is 3.82. The van der Waals surface area contributed by atoms with Crippen molar-refractivity contribution in [1.29, 1.82) is 0 Å². The van der Waals surface area contributed by atoms with Crippen molar-refractivity contribution in [2.75, 3.05) is 12.4 Å². The molecule has 1 amide bonds. The zero-order valence-corrected chi connectivity index (χ0v) is 10.6. The number of aromatic nitrogens is 1. The molecule has 0 radical (unpaired) electrons. The van der Waals surface area contributed by atoms with E-state index in [2.05, 4.69) is 10.3 Å². The third-order valence-corrected chi connectivity index (χ3v) is 2.54. The Hall–Kier alpha value is -2.96. The summed E-state index contributed by atoms with van der Waals surface area (Å²) in [4.78, 5) is 26.1. The lowest BCUT2D eigenvalue weighted by Gasteiger charge is -2.08. The fourth-order valence-corrected chi connectivity index (χ4v) is 1.59. The first-order valence-electron chi connectivity index (χ1n) is 5.66. The summed E-state index contributed by atoms with van der Waals surface area (Å²) in [6.07, 6.45) is 1.51. The molecule has 0 aliphatic carbocycles. The number of nitrogens with one attached hydrogen (secondary N) is 1. The predicted octanol–water partition coefficient (Wildman–Crippen LogP) is 2.25. The number of rotatable bonds is 4. The highest BCUT2D eigenvalue weighted by atomic mass is 16.6. The lowest BCUT2D eigenvalue weighted by Crippen LogP contribution is -2.13. The summed E-state index contributed by atoms with van der Waals surface area (Å²) in [6, 6.07) is 8.77. The maximum Gasteiger partial charge on any atom is 0.270 e. The van der Waals surface area contributed by atoms with Crippen molar-refractivity contribution in [3.8, 4) is 5.75 Å². The van der Waals surface area contributed by atoms with E-state index in [0.29, 0.717) is 5.75 Å². The zero-order chi connectivity index (χ0) is 14.5. The Bertz CT molecular complexity index is 658. The number of ether oxygens (including phenoxy) is 1. The number of carbonyl (C=O) groups is 1. The number of pyridine rings is 1. The molecule has 0 saturated carbocycles. The van der Waals surface area contributed by atoms with Gasteiger partial charge in [0.05, 0.1) is 12.0 Å². The van der Waals surface area contributed by atoms with Crippen LogP contribution in [-0.4, -0.2) is 22.9 Å². The van der Waals surface area contributed by atoms with E-state index in [-0.39, 0.29) is 17.1 Å². The highest BCUT2D eigenvalue weighted by molar-refractivity contribution is 6.04. The van der Waals surface area contributed by atoms with E-state index in [1.807, 2.05) is 0 Å². The van der Waals surface area contributed by atoms with Crippen LogP contribution in [0.3, 0.4) is 0 Å². The number of nitro groups is 1. The van der Waals surface area contributed by atoms with Crippen LogP contribution in [0.2, 0.25) is 0 Å². The molecule has 7 heteroatoms. The molecule has 20 heavy (non-hydrogen) atoms. The summed E-state index contributed by atoms with van der Waals surface area (Å²) in [5, 5.41) is 13.2. The van der Waals surface area contributed by atoms with Gasteiger partial charge in [-0.3, -0.25) is 14.9 Å². The van der Waals surface area contributed by atoms with Crippen molar-refractivity contribution >= 4 is 17.4 Å². The molecule has 2 aromatic rings. The van der Waals surface area contributed by atoms with Crippen molar-refractivity contribution in [2.45, 2.75) is 0 Å². The van der Waals surface area contributed by atoms with Crippen molar-refractivity contribution in [1.82, 2.24) is 4.98 Å². The molecule has 2 rings (SSSR count). The Labute approximate surface area is 114 Å². The SMILES string of the molecule is COc1cccnc1NC(=O)c1cccc([N+](=O)[O-])c1. The first-order chi connectivity index (χ1) is 9.61. The van der Waals surface area contributed by atoms with E-state index in [0.717, 1.165) is 0 Å². The lowest BCUT2D eigenvalue weighted by molar-refractivity contribution is -0.384. The molecule has 1 aromatic heterocycles. The first-order valence-corrected chi connectivity index (χ1v) is 5.66. The van der Waals surface area contributed by atoms with Crippen molar-refractivity contribution in [3.05, 3.63) is 58.3 Å². The molecule has 1 N–H and O–H groups in total. The van der Waals surface area contributed by atoms with E-state index >= 15 is 0 Å². The van der Waals surface area contributed by atoms with Gasteiger partial charge in [0.2, 0.25) is 0 Å². The minimum absolute atomic E-state index is 0.148. The van der Waals surface area contributed by atoms with E-state index in [4.69, 9.17) is 4.74 Å². The topological polar surface area (TPSA) is 94.4 Å². The molecule has 0 fully saturated rings. The summed E-state index contributed by atoms with van der Waals surface area (Å²) >= 11 is 0. The molecule has 0 atom stereocenters. The monoisotopic (exact) mass is 273 g/mol. The van der Waals surface area contributed by atoms with E-state index < -0.39 is 10.8 Å². The second kappa shape index (κ2) is 5.79. The maximum absolute atomic E-state index is 12.0. The van der Waals surface area contributed by atoms with Gasteiger partial charge in [-0.1, -0.05) is 6.07 Å². The molecule has 7 nitrogen and oxygen atoms in total. The van der Waals surface area contributed by atoms with Crippen LogP contribution in [0.4, 0.5) is 11.5 Å². The number of benzene rings is 1. The van der Waals surface area contributed by atoms with Gasteiger partial charge in [-0.05, 0) is 18.2 Å². The lowest BCUT2D eigenvalue weighted by atomic mass is 10.2. The fraction of sp³-hybridized carbons (Fsp3) is 0.0769. The number of anilines is 1. The Kier molecular flexibility index (Phi) is 3.90. The Morgan fingerprint density at radius 1 is 1.35 bits per heavy atom. The quantitative estimate of drug-likeness (QED) is 0.681. The van der Waals surface area contributed by atoms with Crippen molar-refractivity contribution in [2.24, 2.45) is 0 Å². The normalized spacial score (nSPS) is 9.85. The third-order valence-electron chi connectivity index (χ3n) is 2.54. The van der Waals surface area contributed by atoms with Crippen LogP contribution < -0.4 is 10.1 Å². The van der Waals surface area contributed by atoms with Crippen LogP contribution in [-0.2, 0) is 0 Å². The third kappa shape index (κ3) is 2.89. The molecular formula is C13H11N3O4. The van der Waals surface area contributed by atoms with Gasteiger partial charge in [0.25, 0.3) is 11.6 Å².